The van der Waals surface area contributed by atoms with E-state index in [0.717, 1.165) is 39.4 Å². The first-order chi connectivity index (χ1) is 16.5. The molecule has 2 amide bonds. The maximum Gasteiger partial charge on any atom is 0.293 e. The molecule has 3 aromatic carbocycles. The van der Waals surface area contributed by atoms with Crippen LogP contribution in [-0.4, -0.2) is 29.2 Å². The van der Waals surface area contributed by atoms with Crippen molar-refractivity contribution >= 4 is 51.4 Å². The number of fused-ring (bicyclic) bond motifs is 1. The van der Waals surface area contributed by atoms with E-state index in [1.165, 1.54) is 4.90 Å². The molecule has 170 valence electrons. The number of carbonyl (C=O) groups excluding carboxylic acids is 2. The van der Waals surface area contributed by atoms with Gasteiger partial charge in [-0.05, 0) is 60.0 Å². The van der Waals surface area contributed by atoms with E-state index < -0.39 is 0 Å². The summed E-state index contributed by atoms with van der Waals surface area (Å²) >= 11 is 7.01. The van der Waals surface area contributed by atoms with Gasteiger partial charge < -0.3 is 9.15 Å². The average molecular weight is 490 g/mol. The molecule has 5 nitrogen and oxygen atoms in total. The van der Waals surface area contributed by atoms with Crippen molar-refractivity contribution in [3.05, 3.63) is 94.0 Å². The van der Waals surface area contributed by atoms with Gasteiger partial charge in [-0.1, -0.05) is 54.1 Å². The van der Waals surface area contributed by atoms with Gasteiger partial charge in [-0.25, -0.2) is 0 Å². The zero-order valence-electron chi connectivity index (χ0n) is 18.3. The molecule has 1 saturated heterocycles. The Morgan fingerprint density at radius 3 is 2.74 bits per heavy atom. The molecule has 0 N–H and O–H groups in total. The minimum Gasteiger partial charge on any atom is -0.491 e. The van der Waals surface area contributed by atoms with Crippen molar-refractivity contribution in [2.75, 3.05) is 13.2 Å². The largest absolute Gasteiger partial charge is 0.491 e. The van der Waals surface area contributed by atoms with E-state index in [4.69, 9.17) is 20.8 Å². The minimum absolute atomic E-state index is 0.163. The standard InChI is InChI=1S/C27H20ClNO4S/c1-17-9-10-19(28)15-22(17)24-12-11-20(33-24)16-25-26(30)29(27(31)34-25)13-14-32-23-8-4-6-18-5-2-3-7-21(18)23/h2-12,15-16H,13-14H2,1H3/b25-16-. The van der Waals surface area contributed by atoms with Crippen molar-refractivity contribution in [2.45, 2.75) is 6.92 Å². The molecule has 1 aliphatic heterocycles. The first-order valence-electron chi connectivity index (χ1n) is 10.7. The van der Waals surface area contributed by atoms with Crippen molar-refractivity contribution in [3.63, 3.8) is 0 Å². The number of thioether (sulfide) groups is 1. The molecule has 0 radical (unpaired) electrons. The van der Waals surface area contributed by atoms with E-state index in [2.05, 4.69) is 0 Å². The summed E-state index contributed by atoms with van der Waals surface area (Å²) in [6.45, 7) is 2.34. The summed E-state index contributed by atoms with van der Waals surface area (Å²) in [7, 11) is 0. The molecule has 0 bridgehead atoms. The van der Waals surface area contributed by atoms with Crippen LogP contribution >= 0.6 is 23.4 Å². The summed E-state index contributed by atoms with van der Waals surface area (Å²) in [5.74, 6) is 1.51. The summed E-state index contributed by atoms with van der Waals surface area (Å²) in [6.07, 6.45) is 1.60. The molecule has 0 atom stereocenters. The lowest BCUT2D eigenvalue weighted by molar-refractivity contribution is -0.123. The van der Waals surface area contributed by atoms with E-state index in [9.17, 15) is 9.59 Å². The van der Waals surface area contributed by atoms with E-state index in [1.807, 2.05) is 73.7 Å². The molecule has 7 heteroatoms. The number of halogens is 1. The zero-order chi connectivity index (χ0) is 23.7. The fraction of sp³-hybridized carbons (Fsp3) is 0.111. The van der Waals surface area contributed by atoms with Crippen molar-refractivity contribution < 1.29 is 18.7 Å². The predicted octanol–water partition coefficient (Wildman–Crippen LogP) is 7.18. The molecule has 0 unspecified atom stereocenters. The van der Waals surface area contributed by atoms with Gasteiger partial charge in [-0.3, -0.25) is 14.5 Å². The second kappa shape index (κ2) is 9.41. The first kappa shape index (κ1) is 22.3. The molecule has 2 heterocycles. The van der Waals surface area contributed by atoms with Gasteiger partial charge >= 0.3 is 0 Å². The van der Waals surface area contributed by atoms with Gasteiger partial charge in [0.15, 0.2) is 0 Å². The quantitative estimate of drug-likeness (QED) is 0.268. The summed E-state index contributed by atoms with van der Waals surface area (Å²) in [4.78, 5) is 26.8. The summed E-state index contributed by atoms with van der Waals surface area (Å²) in [5.41, 5.74) is 1.91. The number of amides is 2. The van der Waals surface area contributed by atoms with Crippen LogP contribution in [0.5, 0.6) is 5.75 Å². The van der Waals surface area contributed by atoms with E-state index in [0.29, 0.717) is 21.4 Å². The fourth-order valence-electron chi connectivity index (χ4n) is 3.83. The second-order valence-corrected chi connectivity index (χ2v) is 9.25. The van der Waals surface area contributed by atoms with Crippen LogP contribution in [0, 0.1) is 6.92 Å². The maximum absolute atomic E-state index is 12.9. The maximum atomic E-state index is 12.9. The molecule has 0 saturated carbocycles. The van der Waals surface area contributed by atoms with Crippen LogP contribution in [0.4, 0.5) is 4.79 Å². The average Bonchev–Trinajstić information content (AvgIpc) is 3.40. The van der Waals surface area contributed by atoms with Gasteiger partial charge in [-0.15, -0.1) is 0 Å². The predicted molar refractivity (Wildman–Crippen MR) is 136 cm³/mol. The van der Waals surface area contributed by atoms with Gasteiger partial charge in [0.05, 0.1) is 11.4 Å². The molecule has 0 spiro atoms. The lowest BCUT2D eigenvalue weighted by Gasteiger charge is -2.14. The number of carbonyl (C=O) groups is 2. The number of hydrogen-bond donors (Lipinski definition) is 0. The Morgan fingerprint density at radius 2 is 1.85 bits per heavy atom. The minimum atomic E-state index is -0.353. The van der Waals surface area contributed by atoms with Crippen LogP contribution in [0.2, 0.25) is 5.02 Å². The summed E-state index contributed by atoms with van der Waals surface area (Å²) in [5, 5.41) is 2.35. The summed E-state index contributed by atoms with van der Waals surface area (Å²) < 4.78 is 11.8. The normalized spacial score (nSPS) is 15.0. The van der Waals surface area contributed by atoms with Gasteiger partial charge in [0, 0.05) is 22.0 Å². The number of rotatable bonds is 6. The molecular weight excluding hydrogens is 470 g/mol. The van der Waals surface area contributed by atoms with Gasteiger partial charge in [0.25, 0.3) is 11.1 Å². The Hall–Kier alpha value is -3.48. The van der Waals surface area contributed by atoms with Crippen LogP contribution in [0.1, 0.15) is 11.3 Å². The van der Waals surface area contributed by atoms with E-state index >= 15 is 0 Å². The fourth-order valence-corrected chi connectivity index (χ4v) is 4.84. The van der Waals surface area contributed by atoms with Crippen molar-refractivity contribution in [1.29, 1.82) is 0 Å². The Balaban J connectivity index is 1.27. The molecule has 0 aliphatic carbocycles. The lowest BCUT2D eigenvalue weighted by Crippen LogP contribution is -2.32. The van der Waals surface area contributed by atoms with Crippen LogP contribution in [0.15, 0.2) is 82.1 Å². The molecule has 1 aromatic heterocycles. The Labute approximate surface area is 206 Å². The van der Waals surface area contributed by atoms with E-state index in [-0.39, 0.29) is 24.3 Å². The van der Waals surface area contributed by atoms with Crippen LogP contribution < -0.4 is 4.74 Å². The smallest absolute Gasteiger partial charge is 0.293 e. The summed E-state index contributed by atoms with van der Waals surface area (Å²) in [6, 6.07) is 22.9. The molecule has 1 aliphatic rings. The third kappa shape index (κ3) is 4.47. The second-order valence-electron chi connectivity index (χ2n) is 7.82. The lowest BCUT2D eigenvalue weighted by atomic mass is 10.1. The Bertz CT molecular complexity index is 1440. The SMILES string of the molecule is Cc1ccc(Cl)cc1-c1ccc(/C=C2\SC(=O)N(CCOc3cccc4ccccc34)C2=O)o1. The number of ether oxygens (including phenoxy) is 1. The topological polar surface area (TPSA) is 59.8 Å². The van der Waals surface area contributed by atoms with Crippen LogP contribution in [0.3, 0.4) is 0 Å². The molecule has 5 rings (SSSR count). The number of hydrogen-bond acceptors (Lipinski definition) is 5. The molecule has 4 aromatic rings. The van der Waals surface area contributed by atoms with Crippen LogP contribution in [-0.2, 0) is 4.79 Å². The number of nitrogens with zero attached hydrogens (tertiary/aromatic N) is 1. The van der Waals surface area contributed by atoms with Gasteiger partial charge in [-0.2, -0.15) is 0 Å². The molecule has 1 fully saturated rings. The number of imide groups is 1. The third-order valence-electron chi connectivity index (χ3n) is 5.56. The Kier molecular flexibility index (Phi) is 6.18. The highest BCUT2D eigenvalue weighted by Gasteiger charge is 2.35. The highest BCUT2D eigenvalue weighted by molar-refractivity contribution is 8.18. The third-order valence-corrected chi connectivity index (χ3v) is 6.70. The first-order valence-corrected chi connectivity index (χ1v) is 11.9. The van der Waals surface area contributed by atoms with E-state index in [1.54, 1.807) is 12.1 Å². The Morgan fingerprint density at radius 1 is 1.03 bits per heavy atom. The van der Waals surface area contributed by atoms with Crippen molar-refractivity contribution in [2.24, 2.45) is 0 Å². The highest BCUT2D eigenvalue weighted by Crippen LogP contribution is 2.34. The highest BCUT2D eigenvalue weighted by atomic mass is 35.5. The van der Waals surface area contributed by atoms with Gasteiger partial charge in [0.1, 0.15) is 23.9 Å². The van der Waals surface area contributed by atoms with Crippen molar-refractivity contribution in [1.82, 2.24) is 4.90 Å². The monoisotopic (exact) mass is 489 g/mol. The van der Waals surface area contributed by atoms with Crippen molar-refractivity contribution in [3.8, 4) is 17.1 Å². The number of furan rings is 1. The molecule has 34 heavy (non-hydrogen) atoms. The van der Waals surface area contributed by atoms with Gasteiger partial charge in [0.2, 0.25) is 0 Å². The molecular formula is C27H20ClNO4S. The number of benzene rings is 3. The zero-order valence-corrected chi connectivity index (χ0v) is 19.9. The van der Waals surface area contributed by atoms with Crippen LogP contribution in [0.25, 0.3) is 28.2 Å². The number of aryl methyl sites for hydroxylation is 1.